The maximum absolute atomic E-state index is 5.73. The number of likely N-dealkylation sites (N-methyl/N-ethyl adjacent to an activating group) is 1. The molecule has 1 fully saturated rings. The second-order valence-electron chi connectivity index (χ2n) is 4.63. The van der Waals surface area contributed by atoms with Gasteiger partial charge in [-0.25, -0.2) is 0 Å². The Morgan fingerprint density at radius 3 is 2.82 bits per heavy atom. The molecule has 94 valence electrons. The highest BCUT2D eigenvalue weighted by Crippen LogP contribution is 2.13. The van der Waals surface area contributed by atoms with Crippen molar-refractivity contribution in [3.8, 4) is 0 Å². The van der Waals surface area contributed by atoms with Crippen LogP contribution in [-0.4, -0.2) is 52.7 Å². The molecule has 2 heterocycles. The van der Waals surface area contributed by atoms with Crippen molar-refractivity contribution in [1.82, 2.24) is 20.0 Å². The Labute approximate surface area is 108 Å². The van der Waals surface area contributed by atoms with E-state index in [1.165, 1.54) is 6.42 Å². The molecule has 4 nitrogen and oxygen atoms in total. The number of hydrogen-bond donors (Lipinski definition) is 0. The van der Waals surface area contributed by atoms with Gasteiger partial charge in [0, 0.05) is 32.2 Å². The molecule has 0 saturated carbocycles. The van der Waals surface area contributed by atoms with Gasteiger partial charge in [0.15, 0.2) is 5.15 Å². The van der Waals surface area contributed by atoms with Crippen LogP contribution in [0.4, 0.5) is 0 Å². The first-order chi connectivity index (χ1) is 8.19. The molecule has 0 N–H and O–H groups in total. The number of halogens is 1. The van der Waals surface area contributed by atoms with Crippen molar-refractivity contribution >= 4 is 11.6 Å². The first-order valence-electron chi connectivity index (χ1n) is 6.09. The molecule has 0 spiro atoms. The number of hydrogen-bond acceptors (Lipinski definition) is 4. The molecule has 1 aliphatic rings. The Morgan fingerprint density at radius 2 is 2.18 bits per heavy atom. The molecule has 2 rings (SSSR count). The molecule has 5 heteroatoms. The summed E-state index contributed by atoms with van der Waals surface area (Å²) >= 11 is 5.73. The Bertz CT molecular complexity index is 354. The molecular weight excluding hydrogens is 236 g/mol. The Hall–Kier alpha value is -0.710. The Kier molecular flexibility index (Phi) is 4.31. The lowest BCUT2D eigenvalue weighted by Crippen LogP contribution is -2.50. The van der Waals surface area contributed by atoms with Gasteiger partial charge in [0.25, 0.3) is 0 Å². The fourth-order valence-electron chi connectivity index (χ4n) is 2.25. The molecule has 0 radical (unpaired) electrons. The maximum Gasteiger partial charge on any atom is 0.151 e. The Morgan fingerprint density at radius 1 is 1.35 bits per heavy atom. The van der Waals surface area contributed by atoms with E-state index in [1.54, 1.807) is 6.07 Å². The normalized spacial score (nSPS) is 22.9. The van der Waals surface area contributed by atoms with E-state index < -0.39 is 0 Å². The van der Waals surface area contributed by atoms with Crippen molar-refractivity contribution in [3.63, 3.8) is 0 Å². The molecule has 1 aliphatic heterocycles. The van der Waals surface area contributed by atoms with Crippen LogP contribution in [0, 0.1) is 0 Å². The molecule has 17 heavy (non-hydrogen) atoms. The zero-order valence-electron chi connectivity index (χ0n) is 10.4. The predicted molar refractivity (Wildman–Crippen MR) is 69.0 cm³/mol. The molecule has 0 aliphatic carbocycles. The summed E-state index contributed by atoms with van der Waals surface area (Å²) in [6.45, 7) is 6.44. The van der Waals surface area contributed by atoms with Crippen molar-refractivity contribution in [3.05, 3.63) is 23.0 Å². The van der Waals surface area contributed by atoms with Crippen molar-refractivity contribution < 1.29 is 0 Å². The topological polar surface area (TPSA) is 32.3 Å². The third kappa shape index (κ3) is 3.37. The van der Waals surface area contributed by atoms with E-state index in [1.807, 2.05) is 6.07 Å². The highest BCUT2D eigenvalue weighted by Gasteiger charge is 2.22. The van der Waals surface area contributed by atoms with Gasteiger partial charge in [-0.2, -0.15) is 5.10 Å². The van der Waals surface area contributed by atoms with E-state index >= 15 is 0 Å². The van der Waals surface area contributed by atoms with E-state index in [0.717, 1.165) is 31.9 Å². The molecule has 0 bridgehead atoms. The van der Waals surface area contributed by atoms with Crippen molar-refractivity contribution in [2.24, 2.45) is 0 Å². The van der Waals surface area contributed by atoms with Crippen molar-refractivity contribution in [1.29, 1.82) is 0 Å². The highest BCUT2D eigenvalue weighted by atomic mass is 35.5. The van der Waals surface area contributed by atoms with Crippen LogP contribution in [-0.2, 0) is 6.54 Å². The van der Waals surface area contributed by atoms with Gasteiger partial charge >= 0.3 is 0 Å². The van der Waals surface area contributed by atoms with Crippen LogP contribution >= 0.6 is 11.6 Å². The molecular formula is C12H19ClN4. The quantitative estimate of drug-likeness (QED) is 0.821. The monoisotopic (exact) mass is 254 g/mol. The van der Waals surface area contributed by atoms with Gasteiger partial charge < -0.3 is 4.90 Å². The first kappa shape index (κ1) is 12.7. The van der Waals surface area contributed by atoms with Crippen LogP contribution in [0.15, 0.2) is 12.1 Å². The average molecular weight is 255 g/mol. The lowest BCUT2D eigenvalue weighted by Gasteiger charge is -2.38. The number of nitrogens with zero attached hydrogens (tertiary/aromatic N) is 4. The smallest absolute Gasteiger partial charge is 0.151 e. The minimum Gasteiger partial charge on any atom is -0.301 e. The van der Waals surface area contributed by atoms with Crippen LogP contribution < -0.4 is 0 Å². The van der Waals surface area contributed by atoms with Gasteiger partial charge in [-0.15, -0.1) is 5.10 Å². The predicted octanol–water partition coefficient (Wildman–Crippen LogP) is 1.66. The summed E-state index contributed by atoms with van der Waals surface area (Å²) < 4.78 is 0. The number of rotatable bonds is 3. The summed E-state index contributed by atoms with van der Waals surface area (Å²) in [5, 5.41) is 8.44. The molecule has 1 aromatic rings. The van der Waals surface area contributed by atoms with Gasteiger partial charge in [-0.05, 0) is 25.6 Å². The minimum atomic E-state index is 0.457. The fourth-order valence-corrected chi connectivity index (χ4v) is 2.35. The Balaban J connectivity index is 1.93. The van der Waals surface area contributed by atoms with E-state index in [0.29, 0.717) is 11.2 Å². The van der Waals surface area contributed by atoms with E-state index in [-0.39, 0.29) is 0 Å². The first-order valence-corrected chi connectivity index (χ1v) is 6.47. The molecule has 1 atom stereocenters. The molecule has 1 saturated heterocycles. The lowest BCUT2D eigenvalue weighted by molar-refractivity contribution is 0.0873. The summed E-state index contributed by atoms with van der Waals surface area (Å²) in [7, 11) is 2.20. The van der Waals surface area contributed by atoms with Crippen LogP contribution in [0.5, 0.6) is 0 Å². The van der Waals surface area contributed by atoms with Gasteiger partial charge in [0.1, 0.15) is 0 Å². The summed E-state index contributed by atoms with van der Waals surface area (Å²) in [5.74, 6) is 0. The highest BCUT2D eigenvalue weighted by molar-refractivity contribution is 6.29. The van der Waals surface area contributed by atoms with E-state index in [2.05, 4.69) is 34.0 Å². The largest absolute Gasteiger partial charge is 0.301 e. The number of aromatic nitrogens is 2. The fraction of sp³-hybridized carbons (Fsp3) is 0.667. The van der Waals surface area contributed by atoms with Crippen molar-refractivity contribution in [2.75, 3.05) is 26.7 Å². The molecule has 0 amide bonds. The summed E-state index contributed by atoms with van der Waals surface area (Å²) in [4.78, 5) is 4.87. The van der Waals surface area contributed by atoms with Crippen LogP contribution in [0.25, 0.3) is 0 Å². The van der Waals surface area contributed by atoms with Crippen LogP contribution in [0.1, 0.15) is 19.0 Å². The standard InChI is InChI=1S/C12H19ClN4/c1-3-11-9-17(7-6-16(11)2)8-10-4-5-12(13)15-14-10/h4-5,11H,3,6-9H2,1-2H3. The molecule has 1 unspecified atom stereocenters. The summed E-state index contributed by atoms with van der Waals surface area (Å²) in [6.07, 6.45) is 1.19. The molecule has 0 aromatic carbocycles. The van der Waals surface area contributed by atoms with Gasteiger partial charge in [-0.1, -0.05) is 18.5 Å². The van der Waals surface area contributed by atoms with Gasteiger partial charge in [-0.3, -0.25) is 4.90 Å². The van der Waals surface area contributed by atoms with Gasteiger partial charge in [0.05, 0.1) is 5.69 Å². The van der Waals surface area contributed by atoms with E-state index in [4.69, 9.17) is 11.6 Å². The number of piperazine rings is 1. The van der Waals surface area contributed by atoms with Crippen LogP contribution in [0.3, 0.4) is 0 Å². The second-order valence-corrected chi connectivity index (χ2v) is 5.01. The van der Waals surface area contributed by atoms with Gasteiger partial charge in [0.2, 0.25) is 0 Å². The maximum atomic E-state index is 5.73. The lowest BCUT2D eigenvalue weighted by atomic mass is 10.1. The van der Waals surface area contributed by atoms with Crippen LogP contribution in [0.2, 0.25) is 5.15 Å². The van der Waals surface area contributed by atoms with E-state index in [9.17, 15) is 0 Å². The average Bonchev–Trinajstić information content (AvgIpc) is 2.34. The SMILES string of the molecule is CCC1CN(Cc2ccc(Cl)nn2)CCN1C. The summed E-state index contributed by atoms with van der Waals surface area (Å²) in [5.41, 5.74) is 0.994. The van der Waals surface area contributed by atoms with Crippen molar-refractivity contribution in [2.45, 2.75) is 25.9 Å². The minimum absolute atomic E-state index is 0.457. The zero-order chi connectivity index (χ0) is 12.3. The third-order valence-electron chi connectivity index (χ3n) is 3.41. The molecule has 1 aromatic heterocycles. The zero-order valence-corrected chi connectivity index (χ0v) is 11.2. The third-order valence-corrected chi connectivity index (χ3v) is 3.61. The summed E-state index contributed by atoms with van der Waals surface area (Å²) in [6, 6.07) is 4.41. The second kappa shape index (κ2) is 5.76.